The van der Waals surface area contributed by atoms with Crippen molar-refractivity contribution in [2.24, 2.45) is 0 Å². The zero-order valence-corrected chi connectivity index (χ0v) is 13.9. The van der Waals surface area contributed by atoms with Gasteiger partial charge in [0.25, 0.3) is 0 Å². The Labute approximate surface area is 146 Å². The Hall–Kier alpha value is -2.00. The average Bonchev–Trinajstić information content (AvgIpc) is 3.19. The summed E-state index contributed by atoms with van der Waals surface area (Å²) in [5.41, 5.74) is -1.10. The Bertz CT molecular complexity index is 561. The molecule has 1 heterocycles. The molecule has 8 heteroatoms. The molecule has 1 atom stereocenters. The van der Waals surface area contributed by atoms with Crippen LogP contribution in [0.25, 0.3) is 0 Å². The van der Waals surface area contributed by atoms with E-state index < -0.39 is 43.4 Å². The second kappa shape index (κ2) is 8.91. The van der Waals surface area contributed by atoms with E-state index in [-0.39, 0.29) is 6.61 Å². The summed E-state index contributed by atoms with van der Waals surface area (Å²) in [6.07, 6.45) is 0.285. The number of carbonyl (C=O) groups is 2. The second-order valence-corrected chi connectivity index (χ2v) is 6.06. The fraction of sp³-hybridized carbons (Fsp3) is 0.529. The predicted molar refractivity (Wildman–Crippen MR) is 88.5 cm³/mol. The molecule has 138 valence electrons. The number of rotatable bonds is 7. The molecule has 2 amide bonds. The van der Waals surface area contributed by atoms with E-state index in [2.05, 4.69) is 5.32 Å². The summed E-state index contributed by atoms with van der Waals surface area (Å²) in [6.45, 7) is -1.77. The summed E-state index contributed by atoms with van der Waals surface area (Å²) in [5.74, 6) is -0.632. The Morgan fingerprint density at radius 3 is 2.32 bits per heavy atom. The third-order valence-corrected chi connectivity index (χ3v) is 4.32. The number of aliphatic hydroxyl groups is 3. The van der Waals surface area contributed by atoms with Crippen molar-refractivity contribution < 1.29 is 29.6 Å². The second-order valence-electron chi connectivity index (χ2n) is 6.06. The van der Waals surface area contributed by atoms with E-state index in [4.69, 9.17) is 4.74 Å². The topological polar surface area (TPSA) is 119 Å². The minimum atomic E-state index is -1.82. The lowest BCUT2D eigenvalue weighted by Crippen LogP contribution is -2.64. The van der Waals surface area contributed by atoms with Crippen molar-refractivity contribution in [3.8, 4) is 0 Å². The molecule has 0 aliphatic carbocycles. The smallest absolute Gasteiger partial charge is 0.417 e. The summed E-state index contributed by atoms with van der Waals surface area (Å²) in [6, 6.07) is 8.29. The van der Waals surface area contributed by atoms with Crippen molar-refractivity contribution in [2.75, 3.05) is 26.4 Å². The maximum absolute atomic E-state index is 12.8. The highest BCUT2D eigenvalue weighted by Gasteiger charge is 2.46. The van der Waals surface area contributed by atoms with Crippen LogP contribution in [0.15, 0.2) is 30.3 Å². The van der Waals surface area contributed by atoms with E-state index in [0.717, 1.165) is 12.0 Å². The molecular formula is C17H24N2O6. The number of carbonyl (C=O) groups excluding carboxylic acids is 2. The lowest BCUT2D eigenvalue weighted by molar-refractivity contribution is -0.143. The lowest BCUT2D eigenvalue weighted by atomic mass is 9.99. The van der Waals surface area contributed by atoms with Gasteiger partial charge in [0.2, 0.25) is 5.91 Å². The molecule has 0 unspecified atom stereocenters. The monoisotopic (exact) mass is 352 g/mol. The van der Waals surface area contributed by atoms with Gasteiger partial charge in [0, 0.05) is 0 Å². The number of nitrogens with zero attached hydrogens (tertiary/aromatic N) is 1. The first-order valence-electron chi connectivity index (χ1n) is 8.18. The number of imide groups is 1. The molecule has 1 aliphatic heterocycles. The first-order valence-corrected chi connectivity index (χ1v) is 8.18. The Kier molecular flexibility index (Phi) is 6.89. The van der Waals surface area contributed by atoms with E-state index in [1.165, 1.54) is 0 Å². The van der Waals surface area contributed by atoms with Gasteiger partial charge >= 0.3 is 6.09 Å². The maximum atomic E-state index is 12.8. The minimum absolute atomic E-state index is 0.0695. The zero-order valence-electron chi connectivity index (χ0n) is 13.9. The van der Waals surface area contributed by atoms with Crippen LogP contribution in [0.3, 0.4) is 0 Å². The lowest BCUT2D eigenvalue weighted by Gasteiger charge is -2.38. The molecule has 0 bridgehead atoms. The summed E-state index contributed by atoms with van der Waals surface area (Å²) in [5, 5.41) is 31.9. The van der Waals surface area contributed by atoms with Crippen LogP contribution in [0.1, 0.15) is 18.4 Å². The van der Waals surface area contributed by atoms with E-state index in [1.807, 2.05) is 6.07 Å². The molecule has 1 aromatic rings. The third kappa shape index (κ3) is 4.35. The average molecular weight is 352 g/mol. The van der Waals surface area contributed by atoms with Crippen molar-refractivity contribution in [3.05, 3.63) is 35.9 Å². The van der Waals surface area contributed by atoms with Crippen LogP contribution >= 0.6 is 0 Å². The molecule has 1 fully saturated rings. The molecule has 0 spiro atoms. The van der Waals surface area contributed by atoms with E-state index in [0.29, 0.717) is 17.9 Å². The van der Waals surface area contributed by atoms with Crippen LogP contribution in [0.2, 0.25) is 0 Å². The maximum Gasteiger partial charge on any atom is 0.417 e. The van der Waals surface area contributed by atoms with Gasteiger partial charge in [-0.25, -0.2) is 9.69 Å². The van der Waals surface area contributed by atoms with Crippen molar-refractivity contribution >= 4 is 12.0 Å². The van der Waals surface area contributed by atoms with E-state index in [1.54, 1.807) is 24.3 Å². The molecule has 4 N–H and O–H groups in total. The van der Waals surface area contributed by atoms with Crippen LogP contribution < -0.4 is 5.32 Å². The SMILES string of the molecule is O=C(OCc1ccccc1)N(C(=O)[C@@H]1CCCN1)C(CO)(CO)CO. The highest BCUT2D eigenvalue weighted by atomic mass is 16.6. The molecular weight excluding hydrogens is 328 g/mol. The molecule has 2 rings (SSSR count). The van der Waals surface area contributed by atoms with Crippen LogP contribution in [0.4, 0.5) is 4.79 Å². The summed E-state index contributed by atoms with van der Waals surface area (Å²) < 4.78 is 5.19. The minimum Gasteiger partial charge on any atom is -0.444 e. The van der Waals surface area contributed by atoms with Gasteiger partial charge in [-0.1, -0.05) is 30.3 Å². The van der Waals surface area contributed by atoms with Gasteiger partial charge in [-0.3, -0.25) is 4.79 Å². The van der Waals surface area contributed by atoms with Crippen LogP contribution in [0.5, 0.6) is 0 Å². The largest absolute Gasteiger partial charge is 0.444 e. The molecule has 1 aromatic carbocycles. The number of aliphatic hydroxyl groups excluding tert-OH is 3. The molecule has 0 saturated carbocycles. The Morgan fingerprint density at radius 1 is 1.16 bits per heavy atom. The highest BCUT2D eigenvalue weighted by Crippen LogP contribution is 2.21. The number of benzene rings is 1. The first kappa shape index (κ1) is 19.3. The van der Waals surface area contributed by atoms with E-state index >= 15 is 0 Å². The molecule has 1 aliphatic rings. The molecule has 0 aromatic heterocycles. The van der Waals surface area contributed by atoms with Crippen LogP contribution in [-0.4, -0.2) is 70.2 Å². The quantitative estimate of drug-likeness (QED) is 0.528. The molecule has 25 heavy (non-hydrogen) atoms. The van der Waals surface area contributed by atoms with Gasteiger partial charge in [-0.15, -0.1) is 0 Å². The van der Waals surface area contributed by atoms with Crippen LogP contribution in [0, 0.1) is 0 Å². The van der Waals surface area contributed by atoms with Gasteiger partial charge in [-0.2, -0.15) is 0 Å². The van der Waals surface area contributed by atoms with Crippen molar-refractivity contribution in [1.29, 1.82) is 0 Å². The van der Waals surface area contributed by atoms with Crippen molar-refractivity contribution in [1.82, 2.24) is 10.2 Å². The van der Waals surface area contributed by atoms with Gasteiger partial charge in [0.1, 0.15) is 12.1 Å². The first-order chi connectivity index (χ1) is 12.1. The molecule has 1 saturated heterocycles. The van der Waals surface area contributed by atoms with Gasteiger partial charge in [-0.05, 0) is 24.9 Å². The summed E-state index contributed by atoms with van der Waals surface area (Å²) >= 11 is 0. The van der Waals surface area contributed by atoms with Crippen molar-refractivity contribution in [2.45, 2.75) is 31.0 Å². The standard InChI is InChI=1S/C17H24N2O6/c20-10-17(11-21,12-22)19(15(23)14-7-4-8-18-14)16(24)25-9-13-5-2-1-3-6-13/h1-3,5-6,14,18,20-22H,4,7-12H2/t14-/m0/s1. The fourth-order valence-electron chi connectivity index (χ4n) is 2.71. The van der Waals surface area contributed by atoms with Gasteiger partial charge < -0.3 is 25.4 Å². The summed E-state index contributed by atoms with van der Waals surface area (Å²) in [4.78, 5) is 26.0. The number of ether oxygens (including phenoxy) is 1. The fourth-order valence-corrected chi connectivity index (χ4v) is 2.71. The molecule has 8 nitrogen and oxygen atoms in total. The summed E-state index contributed by atoms with van der Waals surface area (Å²) in [7, 11) is 0. The van der Waals surface area contributed by atoms with E-state index in [9.17, 15) is 24.9 Å². The molecule has 0 radical (unpaired) electrons. The van der Waals surface area contributed by atoms with Crippen molar-refractivity contribution in [3.63, 3.8) is 0 Å². The van der Waals surface area contributed by atoms with Crippen LogP contribution in [-0.2, 0) is 16.1 Å². The number of hydrogen-bond acceptors (Lipinski definition) is 7. The number of hydrogen-bond donors (Lipinski definition) is 4. The zero-order chi connectivity index (χ0) is 18.3. The Balaban J connectivity index is 2.20. The normalized spacial score (nSPS) is 17.3. The number of nitrogens with one attached hydrogen (secondary N) is 1. The predicted octanol–water partition coefficient (Wildman–Crippen LogP) is -0.380. The number of amides is 2. The third-order valence-electron chi connectivity index (χ3n) is 4.32. The van der Waals surface area contributed by atoms with Gasteiger partial charge in [0.15, 0.2) is 0 Å². The Morgan fingerprint density at radius 2 is 1.80 bits per heavy atom. The van der Waals surface area contributed by atoms with Gasteiger partial charge in [0.05, 0.1) is 25.9 Å². The highest BCUT2D eigenvalue weighted by molar-refractivity contribution is 5.96.